The van der Waals surface area contributed by atoms with E-state index in [1.165, 1.54) is 24.6 Å². The smallest absolute Gasteiger partial charge is 0.328 e. The zero-order valence-corrected chi connectivity index (χ0v) is 17.9. The van der Waals surface area contributed by atoms with Crippen LogP contribution < -0.4 is 0 Å². The first-order valence-electron chi connectivity index (χ1n) is 11.2. The van der Waals surface area contributed by atoms with Crippen LogP contribution in [0.15, 0.2) is 42.5 Å². The molecule has 0 bridgehead atoms. The molecule has 3 aromatic rings. The first kappa shape index (κ1) is 20.9. The summed E-state index contributed by atoms with van der Waals surface area (Å²) in [6, 6.07) is 10.0. The van der Waals surface area contributed by atoms with Gasteiger partial charge in [0.2, 0.25) is 0 Å². The molecule has 2 aliphatic rings. The number of aromatic amines is 1. The van der Waals surface area contributed by atoms with Crippen molar-refractivity contribution < 1.29 is 18.7 Å². The van der Waals surface area contributed by atoms with Crippen LogP contribution in [0.3, 0.4) is 0 Å². The number of fused-ring (bicyclic) bond motifs is 3. The van der Waals surface area contributed by atoms with Crippen molar-refractivity contribution in [3.8, 4) is 0 Å². The van der Waals surface area contributed by atoms with E-state index in [4.69, 9.17) is 5.11 Å². The third-order valence-corrected chi connectivity index (χ3v) is 7.00. The Hall–Kier alpha value is -2.99. The van der Waals surface area contributed by atoms with Gasteiger partial charge in [0.1, 0.15) is 11.6 Å². The van der Waals surface area contributed by atoms with E-state index in [9.17, 15) is 4.79 Å². The van der Waals surface area contributed by atoms with E-state index in [2.05, 4.69) is 22.9 Å². The van der Waals surface area contributed by atoms with Crippen molar-refractivity contribution in [2.45, 2.75) is 44.7 Å². The fraction of sp³-hybridized carbons (Fsp3) is 0.346. The molecule has 1 saturated carbocycles. The average molecular weight is 437 g/mol. The summed E-state index contributed by atoms with van der Waals surface area (Å²) in [6.45, 7) is 2.94. The molecule has 2 heterocycles. The number of H-pyrrole nitrogens is 1. The van der Waals surface area contributed by atoms with E-state index in [-0.39, 0.29) is 17.2 Å². The number of para-hydroxylation sites is 1. The van der Waals surface area contributed by atoms with Gasteiger partial charge in [0.25, 0.3) is 0 Å². The quantitative estimate of drug-likeness (QED) is 0.506. The number of aromatic nitrogens is 1. The highest BCUT2D eigenvalue weighted by Crippen LogP contribution is 2.44. The molecule has 5 rings (SSSR count). The SMILES string of the molecule is C[C@@H]1Cc2c([nH]c3ccccc23)[C@@H](c2c(F)cc(/C=C/C(=O)O)cc2F)N1CC1CCC1. The van der Waals surface area contributed by atoms with Gasteiger partial charge in [-0.1, -0.05) is 24.6 Å². The lowest BCUT2D eigenvalue weighted by Crippen LogP contribution is -2.46. The van der Waals surface area contributed by atoms with Gasteiger partial charge in [-0.2, -0.15) is 0 Å². The predicted molar refractivity (Wildman–Crippen MR) is 120 cm³/mol. The average Bonchev–Trinajstić information content (AvgIpc) is 3.08. The molecule has 0 unspecified atom stereocenters. The molecule has 0 amide bonds. The van der Waals surface area contributed by atoms with Gasteiger partial charge >= 0.3 is 5.97 Å². The van der Waals surface area contributed by atoms with Crippen molar-refractivity contribution in [2.24, 2.45) is 5.92 Å². The molecule has 166 valence electrons. The maximum atomic E-state index is 15.4. The summed E-state index contributed by atoms with van der Waals surface area (Å²) < 4.78 is 30.9. The van der Waals surface area contributed by atoms with Crippen molar-refractivity contribution in [1.29, 1.82) is 0 Å². The third kappa shape index (κ3) is 3.62. The number of nitrogens with zero attached hydrogens (tertiary/aromatic N) is 1. The molecule has 0 saturated heterocycles. The number of carboxylic acids is 1. The first-order chi connectivity index (χ1) is 15.4. The Kier molecular flexibility index (Phi) is 5.33. The molecule has 1 aliphatic carbocycles. The van der Waals surface area contributed by atoms with Crippen LogP contribution in [0.4, 0.5) is 8.78 Å². The maximum Gasteiger partial charge on any atom is 0.328 e. The van der Waals surface area contributed by atoms with E-state index < -0.39 is 23.6 Å². The fourth-order valence-electron chi connectivity index (χ4n) is 5.21. The summed E-state index contributed by atoms with van der Waals surface area (Å²) in [6.07, 6.45) is 6.43. The van der Waals surface area contributed by atoms with Crippen LogP contribution >= 0.6 is 0 Å². The second-order valence-electron chi connectivity index (χ2n) is 9.08. The zero-order valence-electron chi connectivity index (χ0n) is 17.9. The highest BCUT2D eigenvalue weighted by atomic mass is 19.1. The summed E-state index contributed by atoms with van der Waals surface area (Å²) in [5.41, 5.74) is 3.17. The van der Waals surface area contributed by atoms with Gasteiger partial charge in [-0.05, 0) is 67.5 Å². The van der Waals surface area contributed by atoms with Gasteiger partial charge in [0, 0.05) is 40.8 Å². The van der Waals surface area contributed by atoms with Crippen LogP contribution in [0.25, 0.3) is 17.0 Å². The van der Waals surface area contributed by atoms with Crippen LogP contribution in [0, 0.1) is 17.6 Å². The summed E-state index contributed by atoms with van der Waals surface area (Å²) in [4.78, 5) is 16.5. The molecule has 32 heavy (non-hydrogen) atoms. The predicted octanol–water partition coefficient (Wildman–Crippen LogP) is 5.68. The molecule has 1 fully saturated rings. The molecular formula is C26H26F2N2O2. The van der Waals surface area contributed by atoms with Crippen molar-refractivity contribution >= 4 is 22.9 Å². The van der Waals surface area contributed by atoms with Crippen LogP contribution in [-0.2, 0) is 11.2 Å². The van der Waals surface area contributed by atoms with Gasteiger partial charge in [-0.25, -0.2) is 13.6 Å². The van der Waals surface area contributed by atoms with Gasteiger partial charge < -0.3 is 10.1 Å². The Morgan fingerprint density at radius 1 is 1.22 bits per heavy atom. The normalized spacial score (nSPS) is 21.7. The summed E-state index contributed by atoms with van der Waals surface area (Å²) in [5.74, 6) is -1.92. The van der Waals surface area contributed by atoms with E-state index in [1.54, 1.807) is 0 Å². The number of hydrogen-bond acceptors (Lipinski definition) is 2. The zero-order chi connectivity index (χ0) is 22.4. The molecule has 1 aliphatic heterocycles. The number of carbonyl (C=O) groups is 1. The molecular weight excluding hydrogens is 410 g/mol. The molecule has 2 atom stereocenters. The molecule has 0 radical (unpaired) electrons. The molecule has 2 N–H and O–H groups in total. The number of hydrogen-bond donors (Lipinski definition) is 2. The lowest BCUT2D eigenvalue weighted by Gasteiger charge is -2.44. The van der Waals surface area contributed by atoms with Gasteiger partial charge in [-0.3, -0.25) is 4.90 Å². The third-order valence-electron chi connectivity index (χ3n) is 7.00. The Morgan fingerprint density at radius 2 is 1.94 bits per heavy atom. The highest BCUT2D eigenvalue weighted by Gasteiger charge is 2.40. The number of nitrogens with one attached hydrogen (secondary N) is 1. The van der Waals surface area contributed by atoms with Crippen molar-refractivity contribution in [2.75, 3.05) is 6.54 Å². The highest BCUT2D eigenvalue weighted by molar-refractivity contribution is 5.86. The van der Waals surface area contributed by atoms with Gasteiger partial charge in [0.15, 0.2) is 0 Å². The van der Waals surface area contributed by atoms with Gasteiger partial charge in [0.05, 0.1) is 6.04 Å². The van der Waals surface area contributed by atoms with Crippen molar-refractivity contribution in [1.82, 2.24) is 9.88 Å². The fourth-order valence-corrected chi connectivity index (χ4v) is 5.21. The minimum atomic E-state index is -1.16. The Balaban J connectivity index is 1.66. The van der Waals surface area contributed by atoms with Crippen molar-refractivity contribution in [3.63, 3.8) is 0 Å². The largest absolute Gasteiger partial charge is 0.478 e. The standard InChI is InChI=1S/C26H26F2N2O2/c1-15-11-19-18-7-2-3-8-22(18)29-25(19)26(30(15)14-16-5-4-6-16)24-20(27)12-17(13-21(24)28)9-10-23(31)32/h2-3,7-10,12-13,15-16,26,29H,4-6,11,14H2,1H3,(H,31,32)/b10-9+/t15-,26-/m1/s1. The first-order valence-corrected chi connectivity index (χ1v) is 11.2. The molecule has 1 aromatic heterocycles. The van der Waals surface area contributed by atoms with Crippen LogP contribution in [0.5, 0.6) is 0 Å². The molecule has 2 aromatic carbocycles. The maximum absolute atomic E-state index is 15.4. The Labute approximate surface area is 185 Å². The van der Waals surface area contributed by atoms with Crippen LogP contribution in [0.2, 0.25) is 0 Å². The Bertz CT molecular complexity index is 1190. The molecule has 4 nitrogen and oxygen atoms in total. The lowest BCUT2D eigenvalue weighted by atomic mass is 9.81. The minimum Gasteiger partial charge on any atom is -0.478 e. The summed E-state index contributed by atoms with van der Waals surface area (Å²) in [7, 11) is 0. The molecule has 6 heteroatoms. The monoisotopic (exact) mass is 436 g/mol. The number of halogens is 2. The molecule has 0 spiro atoms. The number of rotatable bonds is 5. The van der Waals surface area contributed by atoms with Crippen molar-refractivity contribution in [3.05, 3.63) is 76.5 Å². The second-order valence-corrected chi connectivity index (χ2v) is 9.08. The summed E-state index contributed by atoms with van der Waals surface area (Å²) >= 11 is 0. The number of benzene rings is 2. The lowest BCUT2D eigenvalue weighted by molar-refractivity contribution is -0.131. The van der Waals surface area contributed by atoms with E-state index in [1.807, 2.05) is 18.2 Å². The van der Waals surface area contributed by atoms with Crippen LogP contribution in [-0.4, -0.2) is 33.5 Å². The van der Waals surface area contributed by atoms with E-state index >= 15 is 8.78 Å². The topological polar surface area (TPSA) is 56.3 Å². The summed E-state index contributed by atoms with van der Waals surface area (Å²) in [5, 5.41) is 9.94. The van der Waals surface area contributed by atoms with E-state index in [0.717, 1.165) is 54.0 Å². The number of carboxylic acid groups (broad SMARTS) is 1. The van der Waals surface area contributed by atoms with Gasteiger partial charge in [-0.15, -0.1) is 0 Å². The second kappa shape index (κ2) is 8.17. The van der Waals surface area contributed by atoms with E-state index in [0.29, 0.717) is 5.92 Å². The number of aliphatic carboxylic acids is 1. The Morgan fingerprint density at radius 3 is 2.59 bits per heavy atom. The van der Waals surface area contributed by atoms with Crippen LogP contribution in [0.1, 0.15) is 54.6 Å². The minimum absolute atomic E-state index is 0.0242.